The van der Waals surface area contributed by atoms with Gasteiger partial charge in [0.25, 0.3) is 0 Å². The second-order valence-corrected chi connectivity index (χ2v) is 8.01. The number of fused-ring (bicyclic) bond motifs is 5. The van der Waals surface area contributed by atoms with Gasteiger partial charge in [0.1, 0.15) is 11.5 Å². The summed E-state index contributed by atoms with van der Waals surface area (Å²) in [6.07, 6.45) is 1.96. The van der Waals surface area contributed by atoms with Crippen molar-refractivity contribution in [3.8, 4) is 11.5 Å². The van der Waals surface area contributed by atoms with E-state index >= 15 is 0 Å². The van der Waals surface area contributed by atoms with Gasteiger partial charge in [-0.15, -0.1) is 0 Å². The van der Waals surface area contributed by atoms with Crippen LogP contribution < -0.4 is 14.4 Å². The number of amides is 2. The van der Waals surface area contributed by atoms with Crippen LogP contribution in [0.15, 0.2) is 48.5 Å². The summed E-state index contributed by atoms with van der Waals surface area (Å²) < 4.78 is 10.7. The van der Waals surface area contributed by atoms with Crippen LogP contribution >= 0.6 is 0 Å². The van der Waals surface area contributed by atoms with Gasteiger partial charge in [-0.2, -0.15) is 0 Å². The minimum absolute atomic E-state index is 0.0718. The molecule has 5 rings (SSSR count). The van der Waals surface area contributed by atoms with E-state index in [2.05, 4.69) is 24.3 Å². The summed E-state index contributed by atoms with van der Waals surface area (Å²) in [4.78, 5) is 28.0. The van der Waals surface area contributed by atoms with Crippen molar-refractivity contribution in [1.82, 2.24) is 0 Å². The number of benzene rings is 2. The molecule has 1 heterocycles. The Morgan fingerprint density at radius 1 is 0.893 bits per heavy atom. The maximum absolute atomic E-state index is 13.4. The van der Waals surface area contributed by atoms with Gasteiger partial charge in [0.15, 0.2) is 0 Å². The van der Waals surface area contributed by atoms with E-state index in [1.165, 1.54) is 10.5 Å². The van der Waals surface area contributed by atoms with Crippen LogP contribution in [0.1, 0.15) is 24.3 Å². The van der Waals surface area contributed by atoms with Gasteiger partial charge in [-0.1, -0.05) is 30.3 Å². The highest BCUT2D eigenvalue weighted by Crippen LogP contribution is 2.62. The molecular formula is C23H23NO4. The van der Waals surface area contributed by atoms with Crippen LogP contribution in [-0.2, 0) is 9.59 Å². The Labute approximate surface area is 164 Å². The number of imide groups is 1. The molecule has 5 nitrogen and oxygen atoms in total. The number of anilines is 1. The lowest BCUT2D eigenvalue weighted by atomic mass is 9.73. The molecule has 1 saturated heterocycles. The molecule has 0 N–H and O–H groups in total. The SMILES string of the molecule is COc1ccc(N2C(=O)C3C4CC(c5ccccc5)C(C4)C3C2=O)c(OC)c1. The van der Waals surface area contributed by atoms with Crippen molar-refractivity contribution in [2.24, 2.45) is 23.7 Å². The molecule has 3 aliphatic rings. The van der Waals surface area contributed by atoms with Gasteiger partial charge in [-0.25, -0.2) is 4.90 Å². The van der Waals surface area contributed by atoms with Crippen LogP contribution in [0.3, 0.4) is 0 Å². The molecule has 2 aromatic rings. The molecule has 2 aliphatic carbocycles. The maximum Gasteiger partial charge on any atom is 0.238 e. The maximum atomic E-state index is 13.4. The van der Waals surface area contributed by atoms with E-state index in [-0.39, 0.29) is 35.5 Å². The van der Waals surface area contributed by atoms with Crippen LogP contribution in [0.5, 0.6) is 11.5 Å². The predicted octanol–water partition coefficient (Wildman–Crippen LogP) is 3.63. The predicted molar refractivity (Wildman–Crippen MR) is 104 cm³/mol. The molecule has 2 saturated carbocycles. The van der Waals surface area contributed by atoms with Crippen LogP contribution in [0.2, 0.25) is 0 Å². The third-order valence-corrected chi connectivity index (χ3v) is 6.87. The van der Waals surface area contributed by atoms with Gasteiger partial charge >= 0.3 is 0 Å². The van der Waals surface area contributed by atoms with Crippen LogP contribution in [-0.4, -0.2) is 26.0 Å². The molecule has 144 valence electrons. The van der Waals surface area contributed by atoms with Crippen LogP contribution in [0.4, 0.5) is 5.69 Å². The van der Waals surface area contributed by atoms with Crippen LogP contribution in [0, 0.1) is 23.7 Å². The average Bonchev–Trinajstić information content (AvgIpc) is 3.40. The first-order valence-corrected chi connectivity index (χ1v) is 9.78. The fraction of sp³-hybridized carbons (Fsp3) is 0.391. The normalized spacial score (nSPS) is 30.6. The minimum atomic E-state index is -0.219. The lowest BCUT2D eigenvalue weighted by molar-refractivity contribution is -0.123. The van der Waals surface area contributed by atoms with Crippen molar-refractivity contribution in [1.29, 1.82) is 0 Å². The van der Waals surface area contributed by atoms with Crippen molar-refractivity contribution >= 4 is 17.5 Å². The first kappa shape index (κ1) is 17.3. The highest BCUT2D eigenvalue weighted by atomic mass is 16.5. The number of rotatable bonds is 4. The molecule has 2 amide bonds. The molecule has 28 heavy (non-hydrogen) atoms. The second kappa shape index (κ2) is 6.36. The Balaban J connectivity index is 1.50. The summed E-state index contributed by atoms with van der Waals surface area (Å²) in [5.74, 6) is 1.43. The number of ether oxygens (including phenoxy) is 2. The summed E-state index contributed by atoms with van der Waals surface area (Å²) in [6.45, 7) is 0. The zero-order chi connectivity index (χ0) is 19.4. The molecule has 5 heteroatoms. The Hall–Kier alpha value is -2.82. The van der Waals surface area contributed by atoms with Crippen molar-refractivity contribution in [3.05, 3.63) is 54.1 Å². The Morgan fingerprint density at radius 2 is 1.64 bits per heavy atom. The standard InChI is InChI=1S/C23H23NO4/c1-27-15-8-9-18(19(12-15)28-2)24-22(25)20-14-10-16(13-6-4-3-5-7-13)17(11-14)21(20)23(24)26/h3-9,12,14,16-17,20-21H,10-11H2,1-2H3. The van der Waals surface area contributed by atoms with Crippen molar-refractivity contribution in [3.63, 3.8) is 0 Å². The lowest BCUT2D eigenvalue weighted by Gasteiger charge is -2.28. The van der Waals surface area contributed by atoms with Crippen molar-refractivity contribution in [2.45, 2.75) is 18.8 Å². The third-order valence-electron chi connectivity index (χ3n) is 6.87. The van der Waals surface area contributed by atoms with E-state index in [4.69, 9.17) is 9.47 Å². The van der Waals surface area contributed by atoms with E-state index in [1.807, 2.05) is 6.07 Å². The van der Waals surface area contributed by atoms with E-state index in [0.717, 1.165) is 12.8 Å². The highest BCUT2D eigenvalue weighted by Gasteiger charge is 2.64. The summed E-state index contributed by atoms with van der Waals surface area (Å²) in [5, 5.41) is 0. The molecule has 0 radical (unpaired) electrons. The third kappa shape index (κ3) is 2.32. The molecule has 2 bridgehead atoms. The number of hydrogen-bond acceptors (Lipinski definition) is 4. The van der Waals surface area contributed by atoms with Crippen molar-refractivity contribution < 1.29 is 19.1 Å². The Kier molecular flexibility index (Phi) is 3.93. The van der Waals surface area contributed by atoms with Crippen molar-refractivity contribution in [2.75, 3.05) is 19.1 Å². The molecular weight excluding hydrogens is 354 g/mol. The van der Waals surface area contributed by atoms with Gasteiger partial charge in [0.2, 0.25) is 11.8 Å². The minimum Gasteiger partial charge on any atom is -0.497 e. The number of carbonyl (C=O) groups excluding carboxylic acids is 2. The number of methoxy groups -OCH3 is 2. The Morgan fingerprint density at radius 3 is 2.36 bits per heavy atom. The Bertz CT molecular complexity index is 941. The zero-order valence-electron chi connectivity index (χ0n) is 16.0. The molecule has 3 fully saturated rings. The molecule has 5 atom stereocenters. The first-order valence-electron chi connectivity index (χ1n) is 9.78. The van der Waals surface area contributed by atoms with E-state index < -0.39 is 0 Å². The molecule has 0 aromatic heterocycles. The summed E-state index contributed by atoms with van der Waals surface area (Å²) in [7, 11) is 3.12. The molecule has 5 unspecified atom stereocenters. The molecule has 0 spiro atoms. The highest BCUT2D eigenvalue weighted by molar-refractivity contribution is 6.23. The molecule has 2 aromatic carbocycles. The fourth-order valence-corrected chi connectivity index (χ4v) is 5.75. The number of hydrogen-bond donors (Lipinski definition) is 0. The van der Waals surface area contributed by atoms with Gasteiger partial charge in [0.05, 0.1) is 31.7 Å². The smallest absolute Gasteiger partial charge is 0.238 e. The van der Waals surface area contributed by atoms with E-state index in [1.54, 1.807) is 32.4 Å². The van der Waals surface area contributed by atoms with E-state index in [0.29, 0.717) is 23.1 Å². The van der Waals surface area contributed by atoms with Gasteiger partial charge < -0.3 is 9.47 Å². The van der Waals surface area contributed by atoms with E-state index in [9.17, 15) is 9.59 Å². The topological polar surface area (TPSA) is 55.8 Å². The first-order chi connectivity index (χ1) is 13.6. The molecule has 1 aliphatic heterocycles. The number of nitrogens with zero attached hydrogens (tertiary/aromatic N) is 1. The summed E-state index contributed by atoms with van der Waals surface area (Å²) >= 11 is 0. The van der Waals surface area contributed by atoms with Gasteiger partial charge in [0, 0.05) is 6.07 Å². The average molecular weight is 377 g/mol. The number of carbonyl (C=O) groups is 2. The van der Waals surface area contributed by atoms with Gasteiger partial charge in [-0.05, 0) is 48.3 Å². The fourth-order valence-electron chi connectivity index (χ4n) is 5.75. The largest absolute Gasteiger partial charge is 0.497 e. The zero-order valence-corrected chi connectivity index (χ0v) is 16.0. The lowest BCUT2D eigenvalue weighted by Crippen LogP contribution is -2.33. The van der Waals surface area contributed by atoms with Crippen LogP contribution in [0.25, 0.3) is 0 Å². The summed E-state index contributed by atoms with van der Waals surface area (Å²) in [6, 6.07) is 15.6. The monoisotopic (exact) mass is 377 g/mol. The summed E-state index contributed by atoms with van der Waals surface area (Å²) in [5.41, 5.74) is 1.80. The van der Waals surface area contributed by atoms with Gasteiger partial charge in [-0.3, -0.25) is 9.59 Å². The second-order valence-electron chi connectivity index (χ2n) is 8.01. The quantitative estimate of drug-likeness (QED) is 0.764.